The van der Waals surface area contributed by atoms with Gasteiger partial charge in [-0.1, -0.05) is 20.8 Å². The van der Waals surface area contributed by atoms with E-state index in [0.29, 0.717) is 0 Å². The van der Waals surface area contributed by atoms with Gasteiger partial charge in [0.25, 0.3) is 0 Å². The number of nitrogens with zero attached hydrogens (tertiary/aromatic N) is 1. The van der Waals surface area contributed by atoms with E-state index in [0.717, 1.165) is 44.7 Å². The first kappa shape index (κ1) is 14.9. The van der Waals surface area contributed by atoms with E-state index >= 15 is 0 Å². The van der Waals surface area contributed by atoms with Gasteiger partial charge >= 0.3 is 0 Å². The van der Waals surface area contributed by atoms with Crippen molar-refractivity contribution in [2.75, 3.05) is 45.9 Å². The summed E-state index contributed by atoms with van der Waals surface area (Å²) in [5.74, 6) is 1.51. The highest BCUT2D eigenvalue weighted by Gasteiger charge is 2.12. The molecule has 1 aliphatic heterocycles. The van der Waals surface area contributed by atoms with Crippen LogP contribution in [0.4, 0.5) is 0 Å². The van der Waals surface area contributed by atoms with Gasteiger partial charge in [-0.25, -0.2) is 0 Å². The SMILES string of the molecule is CC(C)CCOCCN1CCCNCC(C)C1. The summed E-state index contributed by atoms with van der Waals surface area (Å²) in [4.78, 5) is 2.56. The van der Waals surface area contributed by atoms with Gasteiger partial charge in [0.2, 0.25) is 0 Å². The van der Waals surface area contributed by atoms with Gasteiger partial charge in [0.15, 0.2) is 0 Å². The molecule has 1 aliphatic rings. The van der Waals surface area contributed by atoms with Crippen molar-refractivity contribution in [1.82, 2.24) is 10.2 Å². The Balaban J connectivity index is 2.07. The zero-order valence-corrected chi connectivity index (χ0v) is 11.9. The summed E-state index contributed by atoms with van der Waals surface area (Å²) < 4.78 is 5.70. The molecule has 1 heterocycles. The van der Waals surface area contributed by atoms with Crippen LogP contribution in [-0.2, 0) is 4.74 Å². The first-order chi connectivity index (χ1) is 8.18. The molecule has 102 valence electrons. The summed E-state index contributed by atoms with van der Waals surface area (Å²) in [6, 6.07) is 0. The summed E-state index contributed by atoms with van der Waals surface area (Å²) in [7, 11) is 0. The second kappa shape index (κ2) is 8.90. The number of nitrogens with one attached hydrogen (secondary N) is 1. The Hall–Kier alpha value is -0.120. The van der Waals surface area contributed by atoms with Crippen LogP contribution in [0.2, 0.25) is 0 Å². The number of ether oxygens (including phenoxy) is 1. The van der Waals surface area contributed by atoms with E-state index in [9.17, 15) is 0 Å². The van der Waals surface area contributed by atoms with Crippen molar-refractivity contribution in [3.05, 3.63) is 0 Å². The largest absolute Gasteiger partial charge is 0.380 e. The third-order valence-corrected chi connectivity index (χ3v) is 3.28. The fourth-order valence-corrected chi connectivity index (χ4v) is 2.19. The van der Waals surface area contributed by atoms with E-state index in [1.165, 1.54) is 25.9 Å². The molecule has 0 aromatic carbocycles. The molecule has 0 aliphatic carbocycles. The lowest BCUT2D eigenvalue weighted by Gasteiger charge is -2.28. The average Bonchev–Trinajstić information content (AvgIpc) is 2.23. The Morgan fingerprint density at radius 2 is 2.18 bits per heavy atom. The Kier molecular flexibility index (Phi) is 7.82. The van der Waals surface area contributed by atoms with Gasteiger partial charge in [-0.3, -0.25) is 0 Å². The van der Waals surface area contributed by atoms with Gasteiger partial charge in [-0.2, -0.15) is 0 Å². The molecule has 1 rings (SSSR count). The number of hydrogen-bond donors (Lipinski definition) is 1. The molecule has 1 saturated heterocycles. The van der Waals surface area contributed by atoms with Crippen LogP contribution in [0.15, 0.2) is 0 Å². The lowest BCUT2D eigenvalue weighted by molar-refractivity contribution is 0.0889. The van der Waals surface area contributed by atoms with E-state index in [1.807, 2.05) is 0 Å². The maximum Gasteiger partial charge on any atom is 0.0593 e. The lowest BCUT2D eigenvalue weighted by Crippen LogP contribution is -2.40. The highest BCUT2D eigenvalue weighted by Crippen LogP contribution is 2.04. The zero-order chi connectivity index (χ0) is 12.5. The Morgan fingerprint density at radius 3 is 2.94 bits per heavy atom. The molecule has 1 fully saturated rings. The normalized spacial score (nSPS) is 23.6. The Labute approximate surface area is 107 Å². The molecule has 1 N–H and O–H groups in total. The predicted octanol–water partition coefficient (Wildman–Crippen LogP) is 1.98. The van der Waals surface area contributed by atoms with Crippen molar-refractivity contribution in [2.45, 2.75) is 33.6 Å². The van der Waals surface area contributed by atoms with Crippen LogP contribution in [0, 0.1) is 11.8 Å². The average molecular weight is 242 g/mol. The minimum absolute atomic E-state index is 0.753. The fourth-order valence-electron chi connectivity index (χ4n) is 2.19. The molecular weight excluding hydrogens is 212 g/mol. The van der Waals surface area contributed by atoms with E-state index in [4.69, 9.17) is 4.74 Å². The van der Waals surface area contributed by atoms with Crippen molar-refractivity contribution < 1.29 is 4.74 Å². The summed E-state index contributed by atoms with van der Waals surface area (Å²) >= 11 is 0. The molecular formula is C14H30N2O. The monoisotopic (exact) mass is 242 g/mol. The first-order valence-corrected chi connectivity index (χ1v) is 7.19. The van der Waals surface area contributed by atoms with E-state index in [2.05, 4.69) is 31.0 Å². The Bertz CT molecular complexity index is 185. The van der Waals surface area contributed by atoms with Gasteiger partial charge in [-0.05, 0) is 44.3 Å². The van der Waals surface area contributed by atoms with Crippen molar-refractivity contribution in [3.63, 3.8) is 0 Å². The minimum Gasteiger partial charge on any atom is -0.380 e. The van der Waals surface area contributed by atoms with Crippen molar-refractivity contribution in [2.24, 2.45) is 11.8 Å². The van der Waals surface area contributed by atoms with Gasteiger partial charge in [0.1, 0.15) is 0 Å². The Morgan fingerprint density at radius 1 is 1.35 bits per heavy atom. The van der Waals surface area contributed by atoms with Crippen LogP contribution in [0.1, 0.15) is 33.6 Å². The maximum atomic E-state index is 5.70. The van der Waals surface area contributed by atoms with Crippen molar-refractivity contribution in [3.8, 4) is 0 Å². The lowest BCUT2D eigenvalue weighted by atomic mass is 10.1. The van der Waals surface area contributed by atoms with Crippen LogP contribution in [0.3, 0.4) is 0 Å². The smallest absolute Gasteiger partial charge is 0.0593 e. The van der Waals surface area contributed by atoms with Gasteiger partial charge in [-0.15, -0.1) is 0 Å². The molecule has 3 nitrogen and oxygen atoms in total. The highest BCUT2D eigenvalue weighted by atomic mass is 16.5. The molecule has 0 saturated carbocycles. The van der Waals surface area contributed by atoms with E-state index in [-0.39, 0.29) is 0 Å². The third-order valence-electron chi connectivity index (χ3n) is 3.28. The van der Waals surface area contributed by atoms with E-state index < -0.39 is 0 Å². The highest BCUT2D eigenvalue weighted by molar-refractivity contribution is 4.69. The zero-order valence-electron chi connectivity index (χ0n) is 11.9. The fraction of sp³-hybridized carbons (Fsp3) is 1.00. The molecule has 0 amide bonds. The van der Waals surface area contributed by atoms with Gasteiger partial charge in [0, 0.05) is 19.7 Å². The molecule has 0 spiro atoms. The summed E-state index contributed by atoms with van der Waals surface area (Å²) in [5, 5.41) is 3.49. The number of hydrogen-bond acceptors (Lipinski definition) is 3. The van der Waals surface area contributed by atoms with Crippen LogP contribution in [0.5, 0.6) is 0 Å². The van der Waals surface area contributed by atoms with Crippen LogP contribution in [0.25, 0.3) is 0 Å². The number of rotatable bonds is 6. The topological polar surface area (TPSA) is 24.5 Å². The molecule has 0 aromatic rings. The second-order valence-corrected chi connectivity index (χ2v) is 5.76. The molecule has 1 atom stereocenters. The molecule has 17 heavy (non-hydrogen) atoms. The van der Waals surface area contributed by atoms with Crippen LogP contribution in [-0.4, -0.2) is 50.8 Å². The predicted molar refractivity (Wildman–Crippen MR) is 73.4 cm³/mol. The van der Waals surface area contributed by atoms with Crippen molar-refractivity contribution in [1.29, 1.82) is 0 Å². The third kappa shape index (κ3) is 7.74. The quantitative estimate of drug-likeness (QED) is 0.721. The molecule has 0 radical (unpaired) electrons. The first-order valence-electron chi connectivity index (χ1n) is 7.19. The van der Waals surface area contributed by atoms with Crippen molar-refractivity contribution >= 4 is 0 Å². The molecule has 3 heteroatoms. The molecule has 0 aromatic heterocycles. The molecule has 1 unspecified atom stereocenters. The second-order valence-electron chi connectivity index (χ2n) is 5.76. The molecule has 0 bridgehead atoms. The summed E-state index contributed by atoms with van der Waals surface area (Å²) in [5.41, 5.74) is 0. The summed E-state index contributed by atoms with van der Waals surface area (Å²) in [6.07, 6.45) is 2.44. The van der Waals surface area contributed by atoms with Gasteiger partial charge < -0.3 is 15.0 Å². The summed E-state index contributed by atoms with van der Waals surface area (Å²) in [6.45, 7) is 14.5. The maximum absolute atomic E-state index is 5.70. The van der Waals surface area contributed by atoms with Gasteiger partial charge in [0.05, 0.1) is 6.61 Å². The van der Waals surface area contributed by atoms with Crippen LogP contribution < -0.4 is 5.32 Å². The minimum atomic E-state index is 0.753. The van der Waals surface area contributed by atoms with Crippen LogP contribution >= 0.6 is 0 Å². The standard InChI is InChI=1S/C14H30N2O/c1-13(2)5-9-17-10-8-16-7-4-6-15-11-14(3)12-16/h13-15H,4-12H2,1-3H3. The van der Waals surface area contributed by atoms with E-state index in [1.54, 1.807) is 0 Å².